The molecule has 26 heavy (non-hydrogen) atoms. The summed E-state index contributed by atoms with van der Waals surface area (Å²) in [5.74, 6) is 0.644. The fourth-order valence-corrected chi connectivity index (χ4v) is 4.68. The lowest BCUT2D eigenvalue weighted by Crippen LogP contribution is -2.13. The summed E-state index contributed by atoms with van der Waals surface area (Å²) < 4.78 is 1.61. The summed E-state index contributed by atoms with van der Waals surface area (Å²) in [5, 5.41) is 15.5. The van der Waals surface area contributed by atoms with Crippen molar-refractivity contribution in [3.63, 3.8) is 0 Å². The Morgan fingerprint density at radius 3 is 2.62 bits per heavy atom. The highest BCUT2D eigenvalue weighted by Crippen LogP contribution is 2.29. The zero-order valence-electron chi connectivity index (χ0n) is 14.0. The summed E-state index contributed by atoms with van der Waals surface area (Å²) >= 11 is 7.46. The number of anilines is 3. The third-order valence-electron chi connectivity index (χ3n) is 3.29. The van der Waals surface area contributed by atoms with Gasteiger partial charge in [0.05, 0.1) is 15.7 Å². The molecule has 1 amide bonds. The molecule has 0 saturated heterocycles. The topological polar surface area (TPSA) is 79.8 Å². The number of nitrogens with one attached hydrogen (secondary N) is 2. The number of halogens is 1. The quantitative estimate of drug-likeness (QED) is 0.453. The van der Waals surface area contributed by atoms with Crippen LogP contribution in [0, 0.1) is 0 Å². The van der Waals surface area contributed by atoms with Gasteiger partial charge in [-0.15, -0.1) is 10.2 Å². The van der Waals surface area contributed by atoms with Crippen LogP contribution in [0.3, 0.4) is 0 Å². The molecule has 0 aliphatic heterocycles. The highest BCUT2D eigenvalue weighted by Gasteiger charge is 2.10. The van der Waals surface area contributed by atoms with Gasteiger partial charge in [0.25, 0.3) is 0 Å². The molecule has 0 aliphatic rings. The van der Waals surface area contributed by atoms with Crippen LogP contribution < -0.4 is 10.6 Å². The van der Waals surface area contributed by atoms with Crippen LogP contribution >= 0.6 is 50.4 Å². The molecule has 0 radical (unpaired) electrons. The summed E-state index contributed by atoms with van der Waals surface area (Å²) in [6.07, 6.45) is 1.66. The first-order valence-corrected chi connectivity index (χ1v) is 11.1. The van der Waals surface area contributed by atoms with Crippen molar-refractivity contribution in [3.05, 3.63) is 39.8 Å². The van der Waals surface area contributed by atoms with Crippen molar-refractivity contribution >= 4 is 72.2 Å². The van der Waals surface area contributed by atoms with E-state index in [0.29, 0.717) is 16.2 Å². The standard InChI is InChI=1S/C16H16BrN5OS3/c1-9(2)10-3-5-11(6-4-10)19-15-21-22-16(26-15)24-8-13(23)20-14-18-7-12(17)25-14/h3-7,9H,8H2,1-2H3,(H,19,21)(H,18,20,23). The average Bonchev–Trinajstić information content (AvgIpc) is 3.22. The summed E-state index contributed by atoms with van der Waals surface area (Å²) in [5.41, 5.74) is 2.26. The molecule has 2 N–H and O–H groups in total. The number of benzene rings is 1. The van der Waals surface area contributed by atoms with Crippen LogP contribution in [0.15, 0.2) is 38.6 Å². The fourth-order valence-electron chi connectivity index (χ4n) is 1.99. The Morgan fingerprint density at radius 2 is 1.96 bits per heavy atom. The summed E-state index contributed by atoms with van der Waals surface area (Å²) in [6, 6.07) is 8.27. The first-order chi connectivity index (χ1) is 12.5. The van der Waals surface area contributed by atoms with Crippen LogP contribution in [0.4, 0.5) is 16.0 Å². The predicted octanol–water partition coefficient (Wildman–Crippen LogP) is 5.35. The van der Waals surface area contributed by atoms with Gasteiger partial charge in [0, 0.05) is 5.69 Å². The van der Waals surface area contributed by atoms with Gasteiger partial charge in [-0.25, -0.2) is 4.98 Å². The SMILES string of the molecule is CC(C)c1ccc(Nc2nnc(SCC(=O)Nc3ncc(Br)s3)s2)cc1. The number of nitrogens with zero attached hydrogens (tertiary/aromatic N) is 3. The van der Waals surface area contributed by atoms with E-state index >= 15 is 0 Å². The van der Waals surface area contributed by atoms with Crippen LogP contribution in [0.1, 0.15) is 25.3 Å². The molecule has 1 aromatic carbocycles. The van der Waals surface area contributed by atoms with Crippen LogP contribution in [0.25, 0.3) is 0 Å². The molecule has 3 rings (SSSR count). The van der Waals surface area contributed by atoms with Gasteiger partial charge >= 0.3 is 0 Å². The van der Waals surface area contributed by atoms with E-state index in [-0.39, 0.29) is 11.7 Å². The molecule has 3 aromatic rings. The second-order valence-electron chi connectivity index (χ2n) is 5.58. The third kappa shape index (κ3) is 5.50. The Balaban J connectivity index is 1.50. The van der Waals surface area contributed by atoms with E-state index in [9.17, 15) is 4.79 Å². The van der Waals surface area contributed by atoms with Crippen molar-refractivity contribution < 1.29 is 4.79 Å². The number of rotatable bonds is 7. The van der Waals surface area contributed by atoms with E-state index in [1.54, 1.807) is 6.20 Å². The number of carbonyl (C=O) groups excluding carboxylic acids is 1. The van der Waals surface area contributed by atoms with Gasteiger partial charge in [-0.2, -0.15) is 0 Å². The van der Waals surface area contributed by atoms with Crippen molar-refractivity contribution in [2.75, 3.05) is 16.4 Å². The Morgan fingerprint density at radius 1 is 1.19 bits per heavy atom. The van der Waals surface area contributed by atoms with Crippen molar-refractivity contribution in [3.8, 4) is 0 Å². The summed E-state index contributed by atoms with van der Waals surface area (Å²) in [4.78, 5) is 16.0. The number of thioether (sulfide) groups is 1. The Hall–Kier alpha value is -1.49. The van der Waals surface area contributed by atoms with Gasteiger partial charge in [-0.05, 0) is 39.5 Å². The highest BCUT2D eigenvalue weighted by atomic mass is 79.9. The molecule has 136 valence electrons. The molecule has 0 fully saturated rings. The maximum absolute atomic E-state index is 11.9. The zero-order valence-corrected chi connectivity index (χ0v) is 18.1. The largest absolute Gasteiger partial charge is 0.330 e. The van der Waals surface area contributed by atoms with Crippen LogP contribution in [-0.2, 0) is 4.79 Å². The van der Waals surface area contributed by atoms with E-state index in [1.807, 2.05) is 12.1 Å². The minimum absolute atomic E-state index is 0.120. The second kappa shape index (κ2) is 8.94. The van der Waals surface area contributed by atoms with Crippen LogP contribution in [0.2, 0.25) is 0 Å². The predicted molar refractivity (Wildman–Crippen MR) is 113 cm³/mol. The van der Waals surface area contributed by atoms with Crippen LogP contribution in [-0.4, -0.2) is 26.8 Å². The lowest BCUT2D eigenvalue weighted by molar-refractivity contribution is -0.113. The van der Waals surface area contributed by atoms with E-state index < -0.39 is 0 Å². The monoisotopic (exact) mass is 469 g/mol. The summed E-state index contributed by atoms with van der Waals surface area (Å²) in [7, 11) is 0. The highest BCUT2D eigenvalue weighted by molar-refractivity contribution is 9.11. The molecule has 0 saturated carbocycles. The molecule has 0 unspecified atom stereocenters. The van der Waals surface area contributed by atoms with E-state index in [1.165, 1.54) is 40.0 Å². The lowest BCUT2D eigenvalue weighted by atomic mass is 10.0. The molecular formula is C16H16BrN5OS3. The maximum Gasteiger partial charge on any atom is 0.236 e. The number of amides is 1. The lowest BCUT2D eigenvalue weighted by Gasteiger charge is -2.06. The number of aromatic nitrogens is 3. The third-order valence-corrected chi connectivity index (χ3v) is 6.65. The number of hydrogen-bond acceptors (Lipinski definition) is 8. The van der Waals surface area contributed by atoms with Crippen molar-refractivity contribution in [1.82, 2.24) is 15.2 Å². The normalized spacial score (nSPS) is 10.9. The Kier molecular flexibility index (Phi) is 6.63. The van der Waals surface area contributed by atoms with Gasteiger partial charge in [0.1, 0.15) is 0 Å². The summed E-state index contributed by atoms with van der Waals surface area (Å²) in [6.45, 7) is 4.33. The number of hydrogen-bond donors (Lipinski definition) is 2. The first-order valence-electron chi connectivity index (χ1n) is 7.74. The van der Waals surface area contributed by atoms with Gasteiger partial charge in [0.15, 0.2) is 9.47 Å². The van der Waals surface area contributed by atoms with Crippen molar-refractivity contribution in [2.24, 2.45) is 0 Å². The Bertz CT molecular complexity index is 878. The van der Waals surface area contributed by atoms with Gasteiger partial charge in [-0.3, -0.25) is 4.79 Å². The molecule has 2 aromatic heterocycles. The molecule has 6 nitrogen and oxygen atoms in total. The smallest absolute Gasteiger partial charge is 0.236 e. The second-order valence-corrected chi connectivity index (χ2v) is 10.2. The molecule has 2 heterocycles. The molecule has 10 heteroatoms. The molecule has 0 bridgehead atoms. The van der Waals surface area contributed by atoms with Gasteiger partial charge in [0.2, 0.25) is 11.0 Å². The molecule has 0 atom stereocenters. The first kappa shape index (κ1) is 19.3. The van der Waals surface area contributed by atoms with Gasteiger partial charge in [-0.1, -0.05) is 60.4 Å². The fraction of sp³-hybridized carbons (Fsp3) is 0.250. The zero-order chi connectivity index (χ0) is 18.5. The minimum Gasteiger partial charge on any atom is -0.330 e. The maximum atomic E-state index is 11.9. The van der Waals surface area contributed by atoms with Crippen LogP contribution in [0.5, 0.6) is 0 Å². The molecule has 0 aliphatic carbocycles. The van der Waals surface area contributed by atoms with E-state index in [2.05, 4.69) is 67.7 Å². The molecular weight excluding hydrogens is 454 g/mol. The van der Waals surface area contributed by atoms with E-state index in [0.717, 1.165) is 13.8 Å². The number of thiazole rings is 1. The average molecular weight is 470 g/mol. The number of carbonyl (C=O) groups is 1. The molecule has 0 spiro atoms. The van der Waals surface area contributed by atoms with Crippen molar-refractivity contribution in [1.29, 1.82) is 0 Å². The Labute approximate surface area is 172 Å². The van der Waals surface area contributed by atoms with Gasteiger partial charge < -0.3 is 10.6 Å². The van der Waals surface area contributed by atoms with E-state index in [4.69, 9.17) is 0 Å². The van der Waals surface area contributed by atoms with Crippen molar-refractivity contribution in [2.45, 2.75) is 24.1 Å². The minimum atomic E-state index is -0.120.